The van der Waals surface area contributed by atoms with Gasteiger partial charge < -0.3 is 25.6 Å². The molecule has 0 aromatic heterocycles. The van der Waals surface area contributed by atoms with E-state index in [1.807, 2.05) is 30.3 Å². The molecule has 0 saturated heterocycles. The van der Waals surface area contributed by atoms with E-state index in [0.29, 0.717) is 6.42 Å². The third kappa shape index (κ3) is 6.65. The number of hydrogen-bond acceptors (Lipinski definition) is 5. The molecule has 0 fully saturated rings. The monoisotopic (exact) mass is 366 g/mol. The van der Waals surface area contributed by atoms with E-state index < -0.39 is 35.2 Å². The topological polar surface area (TPSA) is 111 Å². The number of hydrogen-bond donors (Lipinski definition) is 3. The number of rotatable bonds is 8. The first kappa shape index (κ1) is 21.9. The van der Waals surface area contributed by atoms with Crippen molar-refractivity contribution in [1.29, 1.82) is 0 Å². The lowest BCUT2D eigenvalue weighted by Gasteiger charge is -2.34. The summed E-state index contributed by atoms with van der Waals surface area (Å²) in [7, 11) is 1.54. The SMILES string of the molecule is COCC(N)(CC(C)[C@H](NC(=O)OC(C)(C)C)C(=O)O)c1ccccc1. The van der Waals surface area contributed by atoms with Crippen LogP contribution in [0.4, 0.5) is 4.79 Å². The largest absolute Gasteiger partial charge is 0.480 e. The number of ether oxygens (including phenoxy) is 2. The van der Waals surface area contributed by atoms with Crippen molar-refractivity contribution in [1.82, 2.24) is 5.32 Å². The van der Waals surface area contributed by atoms with Gasteiger partial charge >= 0.3 is 12.1 Å². The molecule has 1 rings (SSSR count). The highest BCUT2D eigenvalue weighted by molar-refractivity contribution is 5.80. The maximum Gasteiger partial charge on any atom is 0.408 e. The quantitative estimate of drug-likeness (QED) is 0.652. The lowest BCUT2D eigenvalue weighted by molar-refractivity contribution is -0.141. The number of carboxylic acid groups (broad SMARTS) is 1. The van der Waals surface area contributed by atoms with Gasteiger partial charge in [-0.1, -0.05) is 37.3 Å². The zero-order valence-electron chi connectivity index (χ0n) is 16.1. The highest BCUT2D eigenvalue weighted by Crippen LogP contribution is 2.28. The van der Waals surface area contributed by atoms with Gasteiger partial charge in [-0.05, 0) is 38.7 Å². The van der Waals surface area contributed by atoms with Crippen molar-refractivity contribution in [2.75, 3.05) is 13.7 Å². The third-order valence-corrected chi connectivity index (χ3v) is 3.94. The number of amides is 1. The highest BCUT2D eigenvalue weighted by Gasteiger charge is 2.36. The fourth-order valence-corrected chi connectivity index (χ4v) is 2.86. The molecule has 3 atom stereocenters. The van der Waals surface area contributed by atoms with E-state index in [9.17, 15) is 14.7 Å². The van der Waals surface area contributed by atoms with Crippen molar-refractivity contribution in [3.05, 3.63) is 35.9 Å². The molecule has 0 radical (unpaired) electrons. The normalized spacial score (nSPS) is 16.2. The Balaban J connectivity index is 2.95. The molecule has 26 heavy (non-hydrogen) atoms. The van der Waals surface area contributed by atoms with E-state index in [-0.39, 0.29) is 6.61 Å². The number of carbonyl (C=O) groups is 2. The van der Waals surface area contributed by atoms with Gasteiger partial charge in [0.2, 0.25) is 0 Å². The fraction of sp³-hybridized carbons (Fsp3) is 0.579. The van der Waals surface area contributed by atoms with E-state index in [0.717, 1.165) is 5.56 Å². The van der Waals surface area contributed by atoms with Crippen molar-refractivity contribution < 1.29 is 24.2 Å². The Hall–Kier alpha value is -2.12. The van der Waals surface area contributed by atoms with Crippen molar-refractivity contribution in [3.63, 3.8) is 0 Å². The van der Waals surface area contributed by atoms with Gasteiger partial charge in [0.1, 0.15) is 11.6 Å². The smallest absolute Gasteiger partial charge is 0.408 e. The number of alkyl carbamates (subject to hydrolysis) is 1. The van der Waals surface area contributed by atoms with Gasteiger partial charge in [-0.2, -0.15) is 0 Å². The predicted molar refractivity (Wildman–Crippen MR) is 98.8 cm³/mol. The summed E-state index contributed by atoms with van der Waals surface area (Å²) in [5.41, 5.74) is 5.79. The second-order valence-corrected chi connectivity index (χ2v) is 7.60. The number of carboxylic acids is 1. The number of methoxy groups -OCH3 is 1. The predicted octanol–water partition coefficient (Wildman–Crippen LogP) is 2.49. The summed E-state index contributed by atoms with van der Waals surface area (Å²) in [6.45, 7) is 7.09. The molecule has 0 heterocycles. The first-order valence-corrected chi connectivity index (χ1v) is 8.54. The summed E-state index contributed by atoms with van der Waals surface area (Å²) < 4.78 is 10.4. The van der Waals surface area contributed by atoms with Gasteiger partial charge in [0.15, 0.2) is 0 Å². The van der Waals surface area contributed by atoms with Crippen LogP contribution in [-0.4, -0.2) is 42.5 Å². The van der Waals surface area contributed by atoms with Crippen LogP contribution in [0.3, 0.4) is 0 Å². The number of carbonyl (C=O) groups excluding carboxylic acids is 1. The zero-order valence-corrected chi connectivity index (χ0v) is 16.1. The van der Waals surface area contributed by atoms with Crippen LogP contribution in [-0.2, 0) is 19.8 Å². The molecule has 7 heteroatoms. The van der Waals surface area contributed by atoms with E-state index in [1.165, 1.54) is 0 Å². The van der Waals surface area contributed by atoms with Crippen LogP contribution in [0.1, 0.15) is 39.7 Å². The van der Waals surface area contributed by atoms with Crippen LogP contribution < -0.4 is 11.1 Å². The summed E-state index contributed by atoms with van der Waals surface area (Å²) in [6, 6.07) is 8.24. The number of benzene rings is 1. The molecule has 0 spiro atoms. The third-order valence-electron chi connectivity index (χ3n) is 3.94. The summed E-state index contributed by atoms with van der Waals surface area (Å²) >= 11 is 0. The van der Waals surface area contributed by atoms with Crippen LogP contribution in [0.25, 0.3) is 0 Å². The minimum atomic E-state index is -1.14. The summed E-state index contributed by atoms with van der Waals surface area (Å²) in [4.78, 5) is 23.7. The number of aliphatic carboxylic acids is 1. The average Bonchev–Trinajstić information content (AvgIpc) is 2.51. The van der Waals surface area contributed by atoms with Crippen LogP contribution in [0.15, 0.2) is 30.3 Å². The maximum atomic E-state index is 12.0. The van der Waals surface area contributed by atoms with Gasteiger partial charge in [0.25, 0.3) is 0 Å². The number of nitrogens with one attached hydrogen (secondary N) is 1. The molecule has 1 amide bonds. The first-order chi connectivity index (χ1) is 12.0. The molecular weight excluding hydrogens is 336 g/mol. The molecule has 0 aliphatic heterocycles. The molecule has 0 bridgehead atoms. The van der Waals surface area contributed by atoms with Crippen molar-refractivity contribution in [3.8, 4) is 0 Å². The summed E-state index contributed by atoms with van der Waals surface area (Å²) in [6.07, 6.45) is -0.469. The Labute approximate surface area is 154 Å². The van der Waals surface area contributed by atoms with E-state index in [1.54, 1.807) is 34.8 Å². The molecule has 146 valence electrons. The molecule has 7 nitrogen and oxygen atoms in total. The van der Waals surface area contributed by atoms with Crippen molar-refractivity contribution in [2.45, 2.75) is 51.3 Å². The van der Waals surface area contributed by atoms with Crippen LogP contribution in [0.2, 0.25) is 0 Å². The standard InChI is InChI=1S/C19H30N2O5/c1-13(15(16(22)23)21-17(24)26-18(2,3)4)11-19(20,12-25-5)14-9-7-6-8-10-14/h6-10,13,15H,11-12,20H2,1-5H3,(H,21,24)(H,22,23)/t13?,15-,19?/m0/s1. The Morgan fingerprint density at radius 3 is 2.27 bits per heavy atom. The van der Waals surface area contributed by atoms with Gasteiger partial charge in [0.05, 0.1) is 12.1 Å². The number of nitrogens with two attached hydrogens (primary N) is 1. The lowest BCUT2D eigenvalue weighted by Crippen LogP contribution is -2.51. The van der Waals surface area contributed by atoms with Gasteiger partial charge in [0, 0.05) is 7.11 Å². The Bertz CT molecular complexity index is 600. The molecule has 2 unspecified atom stereocenters. The van der Waals surface area contributed by atoms with Gasteiger partial charge in [-0.15, -0.1) is 0 Å². The van der Waals surface area contributed by atoms with Crippen molar-refractivity contribution >= 4 is 12.1 Å². The van der Waals surface area contributed by atoms with Crippen LogP contribution in [0, 0.1) is 5.92 Å². The first-order valence-electron chi connectivity index (χ1n) is 8.54. The van der Waals surface area contributed by atoms with Gasteiger partial charge in [-0.25, -0.2) is 9.59 Å². The molecule has 0 saturated carbocycles. The highest BCUT2D eigenvalue weighted by atomic mass is 16.6. The van der Waals surface area contributed by atoms with Crippen LogP contribution in [0.5, 0.6) is 0 Å². The summed E-state index contributed by atoms with van der Waals surface area (Å²) in [5, 5.41) is 12.0. The van der Waals surface area contributed by atoms with E-state index in [4.69, 9.17) is 15.2 Å². The molecule has 0 aliphatic carbocycles. The molecule has 4 N–H and O–H groups in total. The van der Waals surface area contributed by atoms with E-state index in [2.05, 4.69) is 5.32 Å². The molecular formula is C19H30N2O5. The average molecular weight is 366 g/mol. The van der Waals surface area contributed by atoms with Gasteiger partial charge in [-0.3, -0.25) is 0 Å². The lowest BCUT2D eigenvalue weighted by atomic mass is 9.80. The fourth-order valence-electron chi connectivity index (χ4n) is 2.86. The Kier molecular flexibility index (Phi) is 7.59. The zero-order chi connectivity index (χ0) is 20.0. The summed E-state index contributed by atoms with van der Waals surface area (Å²) in [5.74, 6) is -1.60. The molecule has 1 aromatic carbocycles. The Morgan fingerprint density at radius 1 is 1.23 bits per heavy atom. The second-order valence-electron chi connectivity index (χ2n) is 7.60. The molecule has 1 aromatic rings. The minimum Gasteiger partial charge on any atom is -0.480 e. The Morgan fingerprint density at radius 2 is 1.81 bits per heavy atom. The molecule has 0 aliphatic rings. The maximum absolute atomic E-state index is 12.0. The van der Waals surface area contributed by atoms with E-state index >= 15 is 0 Å². The van der Waals surface area contributed by atoms with Crippen molar-refractivity contribution in [2.24, 2.45) is 11.7 Å². The minimum absolute atomic E-state index is 0.222. The van der Waals surface area contributed by atoms with Crippen LogP contribution >= 0.6 is 0 Å². The second kappa shape index (κ2) is 9.00.